The third kappa shape index (κ3) is 4.90. The van der Waals surface area contributed by atoms with Crippen LogP contribution in [0.2, 0.25) is 0 Å². The van der Waals surface area contributed by atoms with Gasteiger partial charge in [0.1, 0.15) is 12.6 Å². The summed E-state index contributed by atoms with van der Waals surface area (Å²) in [5.74, 6) is -1.13. The number of carboxylic acid groups (broad SMARTS) is 1. The molecule has 1 aliphatic carbocycles. The van der Waals surface area contributed by atoms with Gasteiger partial charge in [-0.25, -0.2) is 9.59 Å². The number of aliphatic carboxylic acids is 1. The molecule has 0 spiro atoms. The molecule has 4 rings (SSSR count). The number of hydrogen-bond acceptors (Lipinski definition) is 3. The van der Waals surface area contributed by atoms with Crippen molar-refractivity contribution in [2.45, 2.75) is 24.8 Å². The summed E-state index contributed by atoms with van der Waals surface area (Å²) < 4.78 is 6.59. The molecule has 0 heterocycles. The van der Waals surface area contributed by atoms with E-state index in [9.17, 15) is 14.7 Å². The molecule has 3 aromatic carbocycles. The third-order valence-corrected chi connectivity index (χ3v) is 6.29. The number of rotatable bonds is 7. The van der Waals surface area contributed by atoms with E-state index in [2.05, 4.69) is 40.0 Å². The van der Waals surface area contributed by atoms with E-state index < -0.39 is 18.1 Å². The number of aryl methyl sites for hydroxylation is 1. The molecule has 3 aromatic rings. The molecule has 0 aliphatic heterocycles. The standard InChI is InChI=1S/C25H22INO4/c26-17-12-9-16(10-13-17)11-14-23(24(28)29)27-25(30)31-15-22-20-7-3-1-5-18(20)19-6-2-4-8-21(19)22/h1-10,12-13,22-23H,11,14-15H2,(H,27,30)(H,28,29). The Morgan fingerprint density at radius 3 is 2.10 bits per heavy atom. The predicted molar refractivity (Wildman–Crippen MR) is 127 cm³/mol. The number of carbonyl (C=O) groups excluding carboxylic acids is 1. The highest BCUT2D eigenvalue weighted by molar-refractivity contribution is 14.1. The van der Waals surface area contributed by atoms with E-state index in [0.717, 1.165) is 31.4 Å². The van der Waals surface area contributed by atoms with Crippen molar-refractivity contribution in [1.29, 1.82) is 0 Å². The van der Waals surface area contributed by atoms with Gasteiger partial charge in [-0.2, -0.15) is 0 Å². The van der Waals surface area contributed by atoms with Crippen LogP contribution in [0.3, 0.4) is 0 Å². The molecule has 0 saturated carbocycles. The lowest BCUT2D eigenvalue weighted by atomic mass is 9.98. The average molecular weight is 527 g/mol. The van der Waals surface area contributed by atoms with E-state index in [1.165, 1.54) is 0 Å². The van der Waals surface area contributed by atoms with E-state index in [0.29, 0.717) is 12.8 Å². The van der Waals surface area contributed by atoms with Gasteiger partial charge in [-0.15, -0.1) is 0 Å². The van der Waals surface area contributed by atoms with Gasteiger partial charge in [0.05, 0.1) is 0 Å². The van der Waals surface area contributed by atoms with Crippen molar-refractivity contribution in [1.82, 2.24) is 5.32 Å². The van der Waals surface area contributed by atoms with Crippen molar-refractivity contribution in [3.63, 3.8) is 0 Å². The van der Waals surface area contributed by atoms with Crippen molar-refractivity contribution in [3.8, 4) is 11.1 Å². The normalized spacial score (nSPS) is 13.2. The lowest BCUT2D eigenvalue weighted by Crippen LogP contribution is -2.41. The Morgan fingerprint density at radius 1 is 0.935 bits per heavy atom. The molecule has 1 unspecified atom stereocenters. The van der Waals surface area contributed by atoms with E-state index in [4.69, 9.17) is 4.74 Å². The zero-order chi connectivity index (χ0) is 21.8. The summed E-state index contributed by atoms with van der Waals surface area (Å²) in [6, 6.07) is 23.1. The number of carboxylic acids is 1. The Bertz CT molecular complexity index is 1050. The van der Waals surface area contributed by atoms with Crippen LogP contribution in [0.1, 0.15) is 29.0 Å². The quantitative estimate of drug-likeness (QED) is 0.414. The molecule has 1 aliphatic rings. The number of amides is 1. The number of carbonyl (C=O) groups is 2. The van der Waals surface area contributed by atoms with Crippen LogP contribution in [-0.4, -0.2) is 29.8 Å². The molecular weight excluding hydrogens is 505 g/mol. The summed E-state index contributed by atoms with van der Waals surface area (Å²) in [4.78, 5) is 24.0. The second kappa shape index (κ2) is 9.51. The first kappa shape index (κ1) is 21.4. The summed E-state index contributed by atoms with van der Waals surface area (Å²) in [7, 11) is 0. The molecule has 0 saturated heterocycles. The fourth-order valence-corrected chi connectivity index (χ4v) is 4.36. The molecule has 6 heteroatoms. The van der Waals surface area contributed by atoms with Crippen LogP contribution < -0.4 is 5.32 Å². The zero-order valence-electron chi connectivity index (χ0n) is 16.8. The van der Waals surface area contributed by atoms with Crippen LogP contribution in [0.5, 0.6) is 0 Å². The number of fused-ring (bicyclic) bond motifs is 3. The average Bonchev–Trinajstić information content (AvgIpc) is 3.10. The molecule has 0 bridgehead atoms. The molecule has 31 heavy (non-hydrogen) atoms. The van der Waals surface area contributed by atoms with Crippen molar-refractivity contribution in [3.05, 3.63) is 93.1 Å². The van der Waals surface area contributed by atoms with Crippen LogP contribution in [0.15, 0.2) is 72.8 Å². The number of ether oxygens (including phenoxy) is 1. The van der Waals surface area contributed by atoms with Gasteiger partial charge in [0.25, 0.3) is 0 Å². The van der Waals surface area contributed by atoms with E-state index in [1.807, 2.05) is 60.7 Å². The first-order valence-electron chi connectivity index (χ1n) is 10.1. The van der Waals surface area contributed by atoms with Crippen LogP contribution in [0.25, 0.3) is 11.1 Å². The number of alkyl carbamates (subject to hydrolysis) is 1. The summed E-state index contributed by atoms with van der Waals surface area (Å²) in [6.45, 7) is 0.156. The van der Waals surface area contributed by atoms with Gasteiger partial charge < -0.3 is 15.2 Å². The highest BCUT2D eigenvalue weighted by atomic mass is 127. The maximum absolute atomic E-state index is 12.4. The van der Waals surface area contributed by atoms with Crippen LogP contribution in [-0.2, 0) is 16.0 Å². The van der Waals surface area contributed by atoms with Crippen LogP contribution >= 0.6 is 22.6 Å². The minimum absolute atomic E-state index is 0.0618. The fourth-order valence-electron chi connectivity index (χ4n) is 4.00. The smallest absolute Gasteiger partial charge is 0.407 e. The van der Waals surface area contributed by atoms with E-state index >= 15 is 0 Å². The van der Waals surface area contributed by atoms with Gasteiger partial charge in [-0.05, 0) is 75.4 Å². The molecule has 2 N–H and O–H groups in total. The van der Waals surface area contributed by atoms with Crippen molar-refractivity contribution in [2.24, 2.45) is 0 Å². The monoisotopic (exact) mass is 527 g/mol. The molecule has 0 aromatic heterocycles. The number of halogens is 1. The molecule has 158 valence electrons. The molecule has 1 atom stereocenters. The third-order valence-electron chi connectivity index (χ3n) is 5.57. The molecule has 5 nitrogen and oxygen atoms in total. The molecule has 0 radical (unpaired) electrons. The van der Waals surface area contributed by atoms with Gasteiger partial charge in [-0.3, -0.25) is 0 Å². The van der Waals surface area contributed by atoms with E-state index in [1.54, 1.807) is 0 Å². The Balaban J connectivity index is 1.38. The van der Waals surface area contributed by atoms with Crippen LogP contribution in [0.4, 0.5) is 4.79 Å². The molecule has 1 amide bonds. The topological polar surface area (TPSA) is 75.6 Å². The van der Waals surface area contributed by atoms with Gasteiger partial charge in [0.2, 0.25) is 0 Å². The summed E-state index contributed by atoms with van der Waals surface area (Å²) in [5.41, 5.74) is 5.55. The lowest BCUT2D eigenvalue weighted by Gasteiger charge is -2.17. The van der Waals surface area contributed by atoms with E-state index in [-0.39, 0.29) is 12.5 Å². The SMILES string of the molecule is O=C(NC(CCc1ccc(I)cc1)C(=O)O)OCC1c2ccccc2-c2ccccc21. The second-order valence-electron chi connectivity index (χ2n) is 7.53. The van der Waals surface area contributed by atoms with Gasteiger partial charge in [-0.1, -0.05) is 60.7 Å². The second-order valence-corrected chi connectivity index (χ2v) is 8.77. The maximum Gasteiger partial charge on any atom is 0.407 e. The van der Waals surface area contributed by atoms with Crippen molar-refractivity contribution in [2.75, 3.05) is 6.61 Å². The highest BCUT2D eigenvalue weighted by Crippen LogP contribution is 2.44. The number of nitrogens with one attached hydrogen (secondary N) is 1. The highest BCUT2D eigenvalue weighted by Gasteiger charge is 2.29. The minimum atomic E-state index is -1.07. The first-order chi connectivity index (χ1) is 15.0. The zero-order valence-corrected chi connectivity index (χ0v) is 18.9. The summed E-state index contributed by atoms with van der Waals surface area (Å²) in [6.07, 6.45) is 0.134. The van der Waals surface area contributed by atoms with Gasteiger partial charge in [0, 0.05) is 9.49 Å². The van der Waals surface area contributed by atoms with Gasteiger partial charge >= 0.3 is 12.1 Å². The Morgan fingerprint density at radius 2 is 1.52 bits per heavy atom. The number of hydrogen-bond donors (Lipinski definition) is 2. The molecule has 0 fully saturated rings. The summed E-state index contributed by atoms with van der Waals surface area (Å²) in [5, 5.41) is 12.0. The lowest BCUT2D eigenvalue weighted by molar-refractivity contribution is -0.139. The summed E-state index contributed by atoms with van der Waals surface area (Å²) >= 11 is 2.22. The Labute approximate surface area is 194 Å². The largest absolute Gasteiger partial charge is 0.480 e. The molecular formula is C25H22INO4. The van der Waals surface area contributed by atoms with Crippen molar-refractivity contribution < 1.29 is 19.4 Å². The fraction of sp³-hybridized carbons (Fsp3) is 0.200. The maximum atomic E-state index is 12.4. The van der Waals surface area contributed by atoms with Crippen LogP contribution in [0, 0.1) is 3.57 Å². The predicted octanol–water partition coefficient (Wildman–Crippen LogP) is 5.22. The van der Waals surface area contributed by atoms with Crippen molar-refractivity contribution >= 4 is 34.7 Å². The number of benzene rings is 3. The Hall–Kier alpha value is -2.87. The minimum Gasteiger partial charge on any atom is -0.480 e. The first-order valence-corrected chi connectivity index (χ1v) is 11.2. The van der Waals surface area contributed by atoms with Gasteiger partial charge in [0.15, 0.2) is 0 Å². The Kier molecular flexibility index (Phi) is 6.56.